The fourth-order valence-corrected chi connectivity index (χ4v) is 3.71. The van der Waals surface area contributed by atoms with E-state index in [0.29, 0.717) is 17.9 Å². The molecule has 0 fully saturated rings. The van der Waals surface area contributed by atoms with Gasteiger partial charge in [-0.1, -0.05) is 12.1 Å². The number of amides is 1. The van der Waals surface area contributed by atoms with Gasteiger partial charge in [-0.3, -0.25) is 4.79 Å². The minimum Gasteiger partial charge on any atom is -0.494 e. The summed E-state index contributed by atoms with van der Waals surface area (Å²) < 4.78 is 69.6. The highest BCUT2D eigenvalue weighted by molar-refractivity contribution is 7.89. The van der Waals surface area contributed by atoms with Crippen molar-refractivity contribution in [2.75, 3.05) is 13.2 Å². The molecule has 29 heavy (non-hydrogen) atoms. The molecule has 0 aliphatic heterocycles. The predicted octanol–water partition coefficient (Wildman–Crippen LogP) is 3.42. The fourth-order valence-electron chi connectivity index (χ4n) is 2.48. The molecule has 0 heterocycles. The number of hydrogen-bond donors (Lipinski definition) is 2. The number of rotatable bonds is 8. The molecule has 0 radical (unpaired) electrons. The third-order valence-corrected chi connectivity index (χ3v) is 5.43. The Hall–Kier alpha value is -2.59. The number of hydrogen-bond acceptors (Lipinski definition) is 4. The molecule has 0 aliphatic rings. The van der Waals surface area contributed by atoms with Crippen LogP contribution >= 0.6 is 0 Å². The van der Waals surface area contributed by atoms with E-state index in [0.717, 1.165) is 24.3 Å². The van der Waals surface area contributed by atoms with Crippen LogP contribution in [0.3, 0.4) is 0 Å². The summed E-state index contributed by atoms with van der Waals surface area (Å²) in [5.41, 5.74) is 0.619. The molecule has 0 saturated heterocycles. The van der Waals surface area contributed by atoms with Crippen molar-refractivity contribution in [3.63, 3.8) is 0 Å². The van der Waals surface area contributed by atoms with Gasteiger partial charge in [-0.05, 0) is 55.8 Å². The van der Waals surface area contributed by atoms with E-state index >= 15 is 0 Å². The molecule has 0 bridgehead atoms. The van der Waals surface area contributed by atoms with Crippen molar-refractivity contribution in [2.45, 2.75) is 31.0 Å². The summed E-state index contributed by atoms with van der Waals surface area (Å²) in [6.07, 6.45) is -4.53. The second kappa shape index (κ2) is 9.27. The highest BCUT2D eigenvalue weighted by Gasteiger charge is 2.28. The zero-order valence-corrected chi connectivity index (χ0v) is 16.6. The first-order valence-corrected chi connectivity index (χ1v) is 10.2. The van der Waals surface area contributed by atoms with Gasteiger partial charge in [0.1, 0.15) is 12.3 Å². The second-order valence-corrected chi connectivity index (χ2v) is 7.88. The minimum absolute atomic E-state index is 0.0781. The van der Waals surface area contributed by atoms with Gasteiger partial charge in [-0.2, -0.15) is 13.2 Å². The molecule has 2 N–H and O–H groups in total. The number of benzene rings is 2. The van der Waals surface area contributed by atoms with Crippen LogP contribution in [-0.4, -0.2) is 33.7 Å². The number of ether oxygens (including phenoxy) is 1. The average molecular weight is 430 g/mol. The second-order valence-electron chi connectivity index (χ2n) is 6.17. The van der Waals surface area contributed by atoms with Crippen LogP contribution in [0.2, 0.25) is 0 Å². The highest BCUT2D eigenvalue weighted by Crippen LogP contribution is 2.21. The summed E-state index contributed by atoms with van der Waals surface area (Å²) in [5.74, 6) is -0.328. The summed E-state index contributed by atoms with van der Waals surface area (Å²) in [7, 11) is -3.91. The number of sulfonamides is 1. The third kappa shape index (κ3) is 6.75. The van der Waals surface area contributed by atoms with E-state index in [-0.39, 0.29) is 10.5 Å². The van der Waals surface area contributed by atoms with Crippen LogP contribution in [0.1, 0.15) is 35.8 Å². The lowest BCUT2D eigenvalue weighted by molar-refractivity contribution is -0.123. The summed E-state index contributed by atoms with van der Waals surface area (Å²) in [6, 6.07) is 11.1. The van der Waals surface area contributed by atoms with Crippen molar-refractivity contribution in [3.05, 3.63) is 59.7 Å². The van der Waals surface area contributed by atoms with Crippen LogP contribution in [0.25, 0.3) is 0 Å². The molecular weight excluding hydrogens is 409 g/mol. The van der Waals surface area contributed by atoms with Crippen LogP contribution < -0.4 is 14.8 Å². The Kier molecular flexibility index (Phi) is 7.26. The van der Waals surface area contributed by atoms with Gasteiger partial charge in [-0.25, -0.2) is 13.1 Å². The molecule has 1 unspecified atom stereocenters. The van der Waals surface area contributed by atoms with E-state index in [2.05, 4.69) is 4.72 Å². The van der Waals surface area contributed by atoms with Gasteiger partial charge in [-0.15, -0.1) is 0 Å². The Bertz CT molecular complexity index is 945. The van der Waals surface area contributed by atoms with E-state index in [4.69, 9.17) is 4.74 Å². The third-order valence-electron chi connectivity index (χ3n) is 3.88. The normalized spacial score (nSPS) is 13.0. The van der Waals surface area contributed by atoms with Crippen molar-refractivity contribution in [2.24, 2.45) is 0 Å². The van der Waals surface area contributed by atoms with Crippen molar-refractivity contribution >= 4 is 15.9 Å². The standard InChI is InChI=1S/C19H21F3N2O4S/c1-3-28-16-6-4-5-15(11-16)13(2)24-29(26,27)17-9-7-14(8-10-17)18(25)23-12-19(20,21)22/h4-11,13,24H,3,12H2,1-2H3,(H,23,25). The van der Waals surface area contributed by atoms with Gasteiger partial charge >= 0.3 is 6.18 Å². The largest absolute Gasteiger partial charge is 0.494 e. The van der Waals surface area contributed by atoms with Crippen LogP contribution in [-0.2, 0) is 10.0 Å². The monoisotopic (exact) mass is 430 g/mol. The van der Waals surface area contributed by atoms with E-state index in [1.165, 1.54) is 0 Å². The van der Waals surface area contributed by atoms with E-state index in [1.54, 1.807) is 36.5 Å². The van der Waals surface area contributed by atoms with Crippen molar-refractivity contribution < 1.29 is 31.1 Å². The Morgan fingerprint density at radius 2 is 1.79 bits per heavy atom. The maximum atomic E-state index is 12.6. The number of halogens is 3. The van der Waals surface area contributed by atoms with Gasteiger partial charge in [0.25, 0.3) is 5.91 Å². The molecule has 10 heteroatoms. The minimum atomic E-state index is -4.53. The van der Waals surface area contributed by atoms with Gasteiger partial charge < -0.3 is 10.1 Å². The quantitative estimate of drug-likeness (QED) is 0.672. The topological polar surface area (TPSA) is 84.5 Å². The Morgan fingerprint density at radius 1 is 1.14 bits per heavy atom. The smallest absolute Gasteiger partial charge is 0.405 e. The zero-order chi connectivity index (χ0) is 21.7. The molecule has 6 nitrogen and oxygen atoms in total. The van der Waals surface area contributed by atoms with Crippen molar-refractivity contribution in [3.8, 4) is 5.75 Å². The predicted molar refractivity (Wildman–Crippen MR) is 101 cm³/mol. The first kappa shape index (κ1) is 22.7. The molecule has 1 atom stereocenters. The Balaban J connectivity index is 2.09. The summed E-state index contributed by atoms with van der Waals surface area (Å²) in [5, 5.41) is 1.73. The zero-order valence-electron chi connectivity index (χ0n) is 15.8. The molecule has 0 aliphatic carbocycles. The van der Waals surface area contributed by atoms with E-state index in [1.807, 2.05) is 6.92 Å². The average Bonchev–Trinajstić information content (AvgIpc) is 2.66. The summed E-state index contributed by atoms with van der Waals surface area (Å²) in [6.45, 7) is 2.52. The highest BCUT2D eigenvalue weighted by atomic mass is 32.2. The summed E-state index contributed by atoms with van der Waals surface area (Å²) >= 11 is 0. The van der Waals surface area contributed by atoms with Crippen molar-refractivity contribution in [1.82, 2.24) is 10.0 Å². The molecule has 2 aromatic carbocycles. The fraction of sp³-hybridized carbons (Fsp3) is 0.316. The van der Waals surface area contributed by atoms with Crippen LogP contribution in [0.4, 0.5) is 13.2 Å². The molecule has 158 valence electrons. The molecule has 0 saturated carbocycles. The Morgan fingerprint density at radius 3 is 2.38 bits per heavy atom. The molecular formula is C19H21F3N2O4S. The van der Waals surface area contributed by atoms with Crippen LogP contribution in [0, 0.1) is 0 Å². The van der Waals surface area contributed by atoms with Crippen LogP contribution in [0.5, 0.6) is 5.75 Å². The Labute approximate surface area is 167 Å². The number of carbonyl (C=O) groups is 1. The number of nitrogens with one attached hydrogen (secondary N) is 2. The maximum absolute atomic E-state index is 12.6. The lowest BCUT2D eigenvalue weighted by atomic mass is 10.1. The first-order valence-electron chi connectivity index (χ1n) is 8.72. The summed E-state index contributed by atoms with van der Waals surface area (Å²) in [4.78, 5) is 11.6. The molecule has 2 aromatic rings. The van der Waals surface area contributed by atoms with Crippen molar-refractivity contribution in [1.29, 1.82) is 0 Å². The maximum Gasteiger partial charge on any atom is 0.405 e. The number of alkyl halides is 3. The molecule has 1 amide bonds. The van der Waals surface area contributed by atoms with Gasteiger partial charge in [0.05, 0.1) is 11.5 Å². The van der Waals surface area contributed by atoms with Crippen LogP contribution in [0.15, 0.2) is 53.4 Å². The lowest BCUT2D eigenvalue weighted by Crippen LogP contribution is -2.33. The first-order chi connectivity index (χ1) is 13.5. The van der Waals surface area contributed by atoms with Gasteiger partial charge in [0.15, 0.2) is 0 Å². The molecule has 0 aromatic heterocycles. The molecule has 0 spiro atoms. The molecule has 2 rings (SSSR count). The van der Waals surface area contributed by atoms with Gasteiger partial charge in [0.2, 0.25) is 10.0 Å². The lowest BCUT2D eigenvalue weighted by Gasteiger charge is -2.16. The SMILES string of the molecule is CCOc1cccc(C(C)NS(=O)(=O)c2ccc(C(=O)NCC(F)(F)F)cc2)c1. The van der Waals surface area contributed by atoms with Gasteiger partial charge in [0, 0.05) is 11.6 Å². The number of carbonyl (C=O) groups excluding carboxylic acids is 1. The van der Waals surface area contributed by atoms with E-state index < -0.39 is 34.7 Å². The van der Waals surface area contributed by atoms with E-state index in [9.17, 15) is 26.4 Å².